The molecule has 332 valence electrons. The molecule has 64 heavy (non-hydrogen) atoms. The van der Waals surface area contributed by atoms with Gasteiger partial charge in [0.25, 0.3) is 11.8 Å². The van der Waals surface area contributed by atoms with Gasteiger partial charge < -0.3 is 29.9 Å². The fourth-order valence-corrected chi connectivity index (χ4v) is 11.9. The van der Waals surface area contributed by atoms with Crippen LogP contribution in [0.4, 0.5) is 0 Å². The van der Waals surface area contributed by atoms with Gasteiger partial charge in [-0.15, -0.1) is 0 Å². The van der Waals surface area contributed by atoms with Crippen LogP contribution in [0.1, 0.15) is 79.3 Å². The second-order valence-electron chi connectivity index (χ2n) is 18.0. The van der Waals surface area contributed by atoms with E-state index < -0.39 is 0 Å². The molecule has 3 aliphatic heterocycles. The molecule has 3 aliphatic carbocycles. The molecule has 2 saturated heterocycles. The van der Waals surface area contributed by atoms with E-state index in [1.807, 2.05) is 59.2 Å². The van der Waals surface area contributed by atoms with Gasteiger partial charge in [-0.1, -0.05) is 72.3 Å². The number of methoxy groups -OCH3 is 2. The van der Waals surface area contributed by atoms with Crippen molar-refractivity contribution in [2.45, 2.75) is 88.5 Å². The van der Waals surface area contributed by atoms with Crippen LogP contribution in [0.25, 0.3) is 21.5 Å². The fraction of sp³-hybridized carbons (Fsp3) is 0.440. The summed E-state index contributed by atoms with van der Waals surface area (Å²) in [4.78, 5) is 53.7. The number of carbonyl (C=O) groups is 2. The number of aromatic nitrogens is 2. The Balaban J connectivity index is 0.971. The molecule has 2 saturated carbocycles. The number of hydrogen-bond acceptors (Lipinski definition) is 9. The van der Waals surface area contributed by atoms with E-state index in [1.54, 1.807) is 26.4 Å². The number of nitrogens with one attached hydrogen (secondary N) is 2. The molecule has 10 rings (SSSR count). The van der Waals surface area contributed by atoms with Gasteiger partial charge in [-0.3, -0.25) is 19.6 Å². The minimum atomic E-state index is -0.297. The van der Waals surface area contributed by atoms with Gasteiger partial charge in [0.15, 0.2) is 0 Å². The van der Waals surface area contributed by atoms with Crippen LogP contribution in [0.15, 0.2) is 95.1 Å². The Morgan fingerprint density at radius 2 is 1.47 bits per heavy atom. The van der Waals surface area contributed by atoms with Crippen LogP contribution in [0, 0.1) is 23.7 Å². The van der Waals surface area contributed by atoms with E-state index in [0.29, 0.717) is 58.6 Å². The first-order valence-electron chi connectivity index (χ1n) is 22.7. The Morgan fingerprint density at radius 1 is 0.859 bits per heavy atom. The number of allylic oxidation sites excluding steroid dienone is 3. The van der Waals surface area contributed by atoms with Gasteiger partial charge in [-0.25, -0.2) is 9.97 Å². The van der Waals surface area contributed by atoms with Crippen LogP contribution in [-0.4, -0.2) is 101 Å². The molecule has 5 heterocycles. The molecule has 0 radical (unpaired) electrons. The van der Waals surface area contributed by atoms with Crippen molar-refractivity contribution >= 4 is 68.2 Å². The van der Waals surface area contributed by atoms with Crippen molar-refractivity contribution in [1.29, 1.82) is 0 Å². The Kier molecular flexibility index (Phi) is 11.6. The summed E-state index contributed by atoms with van der Waals surface area (Å²) >= 11 is 13.2. The summed E-state index contributed by atoms with van der Waals surface area (Å²) in [6, 6.07) is 14.5. The van der Waals surface area contributed by atoms with Crippen molar-refractivity contribution in [1.82, 2.24) is 30.4 Å². The van der Waals surface area contributed by atoms with Crippen LogP contribution in [-0.2, 0) is 0 Å². The molecule has 2 N–H and O–H groups in total. The summed E-state index contributed by atoms with van der Waals surface area (Å²) in [5.41, 5.74) is 1.61. The molecule has 6 aliphatic rings. The first-order chi connectivity index (χ1) is 31.2. The number of likely N-dealkylation sites (tertiary alicyclic amines) is 2. The number of fused-ring (bicyclic) bond motifs is 5. The van der Waals surface area contributed by atoms with Crippen molar-refractivity contribution in [2.24, 2.45) is 33.7 Å². The number of benzene rings is 2. The molecule has 2 aromatic carbocycles. The monoisotopic (exact) mass is 900 g/mol. The second kappa shape index (κ2) is 17.5. The summed E-state index contributed by atoms with van der Waals surface area (Å²) < 4.78 is 11.3. The molecule has 2 aromatic heterocycles. The summed E-state index contributed by atoms with van der Waals surface area (Å²) in [5.74, 6) is 3.48. The SMILES string of the molecule is C=C/C=C(/NC(=NCC)[C@@H]1C[C@H]2CC[C@H]2N1C(=O)c1nc(Cl)cc2c(OC)cccc12)[C@@H]1CN=C([C@@H]2C[C@H]3CC[C@H]3N2C(=O)c2nc(Cl)cc3c(OC)cccc23)N[C@@H]2CC=CCC21. The number of amides is 2. The summed E-state index contributed by atoms with van der Waals surface area (Å²) in [6.07, 6.45) is 15.7. The average molecular weight is 902 g/mol. The van der Waals surface area contributed by atoms with Gasteiger partial charge in [0.1, 0.15) is 44.9 Å². The molecule has 1 unspecified atom stereocenters. The Labute approximate surface area is 383 Å². The van der Waals surface area contributed by atoms with E-state index in [2.05, 4.69) is 45.4 Å². The first kappa shape index (κ1) is 42.5. The number of amidine groups is 2. The molecule has 2 amide bonds. The largest absolute Gasteiger partial charge is 0.496 e. The van der Waals surface area contributed by atoms with Crippen molar-refractivity contribution in [3.05, 3.63) is 107 Å². The highest BCUT2D eigenvalue weighted by atomic mass is 35.5. The molecular weight excluding hydrogens is 848 g/mol. The van der Waals surface area contributed by atoms with Gasteiger partial charge in [-0.2, -0.15) is 0 Å². The predicted octanol–water partition coefficient (Wildman–Crippen LogP) is 8.82. The maximum absolute atomic E-state index is 14.9. The summed E-state index contributed by atoms with van der Waals surface area (Å²) in [5, 5.41) is 11.2. The molecule has 4 aromatic rings. The van der Waals surface area contributed by atoms with E-state index >= 15 is 0 Å². The third-order valence-electron chi connectivity index (χ3n) is 14.8. The standard InChI is InChI=1S/C50H54Cl2N8O4/c1-5-11-35(55-47(53-6-2)39-22-27-18-20-37(27)59(39)49(61)45-30-13-9-16-41(63-3)32(30)24-43(51)57-45)34-26-54-48(56-36-15-8-7-12-29(34)36)40-23-28-19-21-38(28)60(40)50(62)46-31-14-10-17-42(64-4)33(31)25-44(52)58-46/h5,7-11,13-14,16-17,24-25,27-29,34,36-40H,1,6,12,15,18-23,26H2,2-4H3,(H,53,55)(H,54,56)/b35-11+/t27-,28-,29?,34-,36-,37-,38-,39+,40+/m1/s1. The van der Waals surface area contributed by atoms with Crippen molar-refractivity contribution < 1.29 is 19.1 Å². The topological polar surface area (TPSA) is 134 Å². The third-order valence-corrected chi connectivity index (χ3v) is 15.2. The predicted molar refractivity (Wildman–Crippen MR) is 253 cm³/mol. The number of nitrogens with zero attached hydrogens (tertiary/aromatic N) is 6. The normalized spacial score (nSPS) is 28.5. The Morgan fingerprint density at radius 3 is 2.06 bits per heavy atom. The highest BCUT2D eigenvalue weighted by Gasteiger charge is 2.53. The molecule has 12 nitrogen and oxygen atoms in total. The number of rotatable bonds is 10. The number of halogens is 2. The van der Waals surface area contributed by atoms with Crippen molar-refractivity contribution in [3.8, 4) is 11.5 Å². The minimum absolute atomic E-state index is 0.0402. The lowest BCUT2D eigenvalue weighted by Gasteiger charge is -2.39. The smallest absolute Gasteiger partial charge is 0.274 e. The van der Waals surface area contributed by atoms with E-state index in [9.17, 15) is 9.59 Å². The van der Waals surface area contributed by atoms with E-state index in [1.165, 1.54) is 0 Å². The summed E-state index contributed by atoms with van der Waals surface area (Å²) in [6.45, 7) is 7.21. The summed E-state index contributed by atoms with van der Waals surface area (Å²) in [7, 11) is 3.23. The van der Waals surface area contributed by atoms with Gasteiger partial charge >= 0.3 is 0 Å². The number of carbonyl (C=O) groups excluding carboxylic acids is 2. The van der Waals surface area contributed by atoms with E-state index in [4.69, 9.17) is 42.7 Å². The highest BCUT2D eigenvalue weighted by Crippen LogP contribution is 2.47. The van der Waals surface area contributed by atoms with Crippen LogP contribution < -0.4 is 20.1 Å². The third kappa shape index (κ3) is 7.30. The molecule has 4 fully saturated rings. The first-order valence-corrected chi connectivity index (χ1v) is 23.5. The van der Waals surface area contributed by atoms with Gasteiger partial charge in [0.05, 0.1) is 26.3 Å². The quantitative estimate of drug-likeness (QED) is 0.0531. The maximum Gasteiger partial charge on any atom is 0.274 e. The van der Waals surface area contributed by atoms with Gasteiger partial charge in [0.2, 0.25) is 0 Å². The van der Waals surface area contributed by atoms with Crippen LogP contribution in [0.5, 0.6) is 11.5 Å². The zero-order valence-corrected chi connectivity index (χ0v) is 38.0. The van der Waals surface area contributed by atoms with Crippen molar-refractivity contribution in [2.75, 3.05) is 27.3 Å². The number of ether oxygens (including phenoxy) is 2. The lowest BCUT2D eigenvalue weighted by Crippen LogP contribution is -2.53. The zero-order valence-electron chi connectivity index (χ0n) is 36.5. The van der Waals surface area contributed by atoms with Crippen LogP contribution in [0.2, 0.25) is 10.3 Å². The maximum atomic E-state index is 14.9. The minimum Gasteiger partial charge on any atom is -0.496 e. The second-order valence-corrected chi connectivity index (χ2v) is 18.7. The Bertz CT molecular complexity index is 2660. The molecule has 14 heteroatoms. The number of pyridine rings is 2. The molecule has 0 spiro atoms. The molecule has 0 bridgehead atoms. The molecule has 9 atom stereocenters. The van der Waals surface area contributed by atoms with Gasteiger partial charge in [-0.05, 0) is 106 Å². The zero-order chi connectivity index (χ0) is 44.2. The van der Waals surface area contributed by atoms with Crippen LogP contribution >= 0.6 is 23.2 Å². The Hall–Kier alpha value is -5.46. The van der Waals surface area contributed by atoms with E-state index in [-0.39, 0.29) is 64.2 Å². The van der Waals surface area contributed by atoms with Gasteiger partial charge in [0, 0.05) is 64.4 Å². The van der Waals surface area contributed by atoms with Crippen LogP contribution in [0.3, 0.4) is 0 Å². The molecular formula is C50H54Cl2N8O4. The lowest BCUT2D eigenvalue weighted by atomic mass is 9.77. The average Bonchev–Trinajstić information content (AvgIpc) is 3.60. The fourth-order valence-electron chi connectivity index (χ4n) is 11.6. The van der Waals surface area contributed by atoms with Crippen molar-refractivity contribution in [3.63, 3.8) is 0 Å². The highest BCUT2D eigenvalue weighted by molar-refractivity contribution is 6.31. The number of aliphatic imine (C=N–C) groups is 2. The van der Waals surface area contributed by atoms with E-state index in [0.717, 1.165) is 79.5 Å². The number of hydrogen-bond donors (Lipinski definition) is 2. The lowest BCUT2D eigenvalue weighted by molar-refractivity contribution is 0.0594.